The molecule has 0 aromatic carbocycles. The van der Waals surface area contributed by atoms with Gasteiger partial charge in [-0.15, -0.1) is 0 Å². The molecule has 6 nitrogen and oxygen atoms in total. The van der Waals surface area contributed by atoms with Gasteiger partial charge in [0.1, 0.15) is 5.69 Å². The van der Waals surface area contributed by atoms with E-state index in [1.54, 1.807) is 6.20 Å². The van der Waals surface area contributed by atoms with Gasteiger partial charge in [-0.3, -0.25) is 4.98 Å². The Labute approximate surface area is 142 Å². The SMILES string of the molecule is C[C@@H](Nc1nc(N[C@H](C)C2CC2)nc(-c2ccccn2)n1)C1CC1. The molecular formula is C18H24N6. The van der Waals surface area contributed by atoms with Crippen molar-refractivity contribution in [2.75, 3.05) is 10.6 Å². The van der Waals surface area contributed by atoms with Crippen LogP contribution in [0.15, 0.2) is 24.4 Å². The molecule has 0 unspecified atom stereocenters. The summed E-state index contributed by atoms with van der Waals surface area (Å²) in [6.45, 7) is 4.39. The monoisotopic (exact) mass is 324 g/mol. The Morgan fingerprint density at radius 1 is 0.875 bits per heavy atom. The molecule has 24 heavy (non-hydrogen) atoms. The van der Waals surface area contributed by atoms with Gasteiger partial charge in [-0.05, 0) is 63.5 Å². The maximum atomic E-state index is 4.59. The first-order chi connectivity index (χ1) is 11.7. The first kappa shape index (κ1) is 15.3. The lowest BCUT2D eigenvalue weighted by Gasteiger charge is -2.16. The van der Waals surface area contributed by atoms with Gasteiger partial charge in [0.25, 0.3) is 0 Å². The fourth-order valence-corrected chi connectivity index (χ4v) is 2.95. The molecule has 0 amide bonds. The van der Waals surface area contributed by atoms with Crippen LogP contribution >= 0.6 is 0 Å². The van der Waals surface area contributed by atoms with E-state index in [1.807, 2.05) is 18.2 Å². The number of anilines is 2. The zero-order chi connectivity index (χ0) is 16.5. The fraction of sp³-hybridized carbons (Fsp3) is 0.556. The van der Waals surface area contributed by atoms with Crippen molar-refractivity contribution >= 4 is 11.9 Å². The fourth-order valence-electron chi connectivity index (χ4n) is 2.95. The van der Waals surface area contributed by atoms with E-state index in [2.05, 4.69) is 44.4 Å². The second-order valence-corrected chi connectivity index (χ2v) is 7.06. The summed E-state index contributed by atoms with van der Waals surface area (Å²) < 4.78 is 0. The van der Waals surface area contributed by atoms with Gasteiger partial charge in [0, 0.05) is 18.3 Å². The first-order valence-electron chi connectivity index (χ1n) is 8.89. The molecule has 2 aromatic heterocycles. The van der Waals surface area contributed by atoms with E-state index < -0.39 is 0 Å². The van der Waals surface area contributed by atoms with Crippen molar-refractivity contribution in [2.24, 2.45) is 11.8 Å². The highest BCUT2D eigenvalue weighted by molar-refractivity contribution is 5.53. The average molecular weight is 324 g/mol. The van der Waals surface area contributed by atoms with Gasteiger partial charge in [-0.2, -0.15) is 15.0 Å². The van der Waals surface area contributed by atoms with Crippen molar-refractivity contribution in [3.05, 3.63) is 24.4 Å². The van der Waals surface area contributed by atoms with Crippen LogP contribution in [0.3, 0.4) is 0 Å². The zero-order valence-corrected chi connectivity index (χ0v) is 14.2. The topological polar surface area (TPSA) is 75.6 Å². The summed E-state index contributed by atoms with van der Waals surface area (Å²) in [5, 5.41) is 6.88. The summed E-state index contributed by atoms with van der Waals surface area (Å²) in [4.78, 5) is 18.1. The lowest BCUT2D eigenvalue weighted by Crippen LogP contribution is -2.23. The summed E-state index contributed by atoms with van der Waals surface area (Å²) in [5.41, 5.74) is 0.768. The van der Waals surface area contributed by atoms with Crippen molar-refractivity contribution in [2.45, 2.75) is 51.6 Å². The van der Waals surface area contributed by atoms with Gasteiger partial charge >= 0.3 is 0 Å². The average Bonchev–Trinajstić information content (AvgIpc) is 3.48. The smallest absolute Gasteiger partial charge is 0.228 e. The van der Waals surface area contributed by atoms with Gasteiger partial charge in [0.15, 0.2) is 5.82 Å². The van der Waals surface area contributed by atoms with Crippen molar-refractivity contribution in [3.8, 4) is 11.5 Å². The summed E-state index contributed by atoms with van der Waals surface area (Å²) in [5.74, 6) is 3.36. The van der Waals surface area contributed by atoms with E-state index in [1.165, 1.54) is 25.7 Å². The van der Waals surface area contributed by atoms with Crippen molar-refractivity contribution < 1.29 is 0 Å². The Morgan fingerprint density at radius 3 is 1.92 bits per heavy atom. The summed E-state index contributed by atoms with van der Waals surface area (Å²) in [6.07, 6.45) is 6.91. The van der Waals surface area contributed by atoms with E-state index >= 15 is 0 Å². The van der Waals surface area contributed by atoms with E-state index in [-0.39, 0.29) is 0 Å². The Bertz CT molecular complexity index is 658. The second-order valence-electron chi connectivity index (χ2n) is 7.06. The highest BCUT2D eigenvalue weighted by Crippen LogP contribution is 2.35. The Morgan fingerprint density at radius 2 is 1.46 bits per heavy atom. The van der Waals surface area contributed by atoms with Crippen LogP contribution in [0.4, 0.5) is 11.9 Å². The van der Waals surface area contributed by atoms with Crippen LogP contribution in [0.1, 0.15) is 39.5 Å². The summed E-state index contributed by atoms with van der Waals surface area (Å²) >= 11 is 0. The Hall–Kier alpha value is -2.24. The number of pyridine rings is 1. The molecule has 0 spiro atoms. The van der Waals surface area contributed by atoms with Crippen molar-refractivity contribution in [3.63, 3.8) is 0 Å². The van der Waals surface area contributed by atoms with Gasteiger partial charge in [-0.25, -0.2) is 0 Å². The number of nitrogens with zero attached hydrogens (tertiary/aromatic N) is 4. The Balaban J connectivity index is 1.61. The molecule has 0 radical (unpaired) electrons. The molecule has 2 aliphatic carbocycles. The third kappa shape index (κ3) is 3.63. The zero-order valence-electron chi connectivity index (χ0n) is 14.2. The molecule has 2 aromatic rings. The highest BCUT2D eigenvalue weighted by atomic mass is 15.2. The number of nitrogens with one attached hydrogen (secondary N) is 2. The molecule has 0 bridgehead atoms. The normalized spacial score (nSPS) is 19.6. The van der Waals surface area contributed by atoms with Gasteiger partial charge in [0.05, 0.1) is 0 Å². The molecule has 2 aliphatic rings. The molecule has 0 aliphatic heterocycles. The molecular weight excluding hydrogens is 300 g/mol. The third-order valence-corrected chi connectivity index (χ3v) is 4.90. The van der Waals surface area contributed by atoms with E-state index in [4.69, 9.17) is 0 Å². The lowest BCUT2D eigenvalue weighted by molar-refractivity contribution is 0.676. The van der Waals surface area contributed by atoms with Crippen molar-refractivity contribution in [1.82, 2.24) is 19.9 Å². The van der Waals surface area contributed by atoms with Gasteiger partial charge in [-0.1, -0.05) is 6.07 Å². The number of aromatic nitrogens is 4. The number of hydrogen-bond acceptors (Lipinski definition) is 6. The van der Waals surface area contributed by atoms with Crippen LogP contribution in [-0.4, -0.2) is 32.0 Å². The van der Waals surface area contributed by atoms with Gasteiger partial charge in [0.2, 0.25) is 11.9 Å². The highest BCUT2D eigenvalue weighted by Gasteiger charge is 2.30. The number of rotatable bonds is 7. The molecule has 126 valence electrons. The van der Waals surface area contributed by atoms with E-state index in [9.17, 15) is 0 Å². The minimum atomic E-state index is 0.387. The van der Waals surface area contributed by atoms with Crippen molar-refractivity contribution in [1.29, 1.82) is 0 Å². The third-order valence-electron chi connectivity index (χ3n) is 4.90. The molecule has 6 heteroatoms. The molecule has 2 fully saturated rings. The van der Waals surface area contributed by atoms with Gasteiger partial charge < -0.3 is 10.6 Å². The maximum absolute atomic E-state index is 4.59. The minimum absolute atomic E-state index is 0.387. The quantitative estimate of drug-likeness (QED) is 0.813. The predicted octanol–water partition coefficient (Wildman–Crippen LogP) is 3.35. The minimum Gasteiger partial charge on any atom is -0.351 e. The largest absolute Gasteiger partial charge is 0.351 e. The van der Waals surface area contributed by atoms with E-state index in [0.29, 0.717) is 29.8 Å². The molecule has 2 heterocycles. The molecule has 2 N–H and O–H groups in total. The van der Waals surface area contributed by atoms with Crippen LogP contribution in [0.2, 0.25) is 0 Å². The molecule has 2 atom stereocenters. The first-order valence-corrected chi connectivity index (χ1v) is 8.89. The van der Waals surface area contributed by atoms with Crippen LogP contribution in [0.5, 0.6) is 0 Å². The van der Waals surface area contributed by atoms with Crippen LogP contribution in [0.25, 0.3) is 11.5 Å². The van der Waals surface area contributed by atoms with Crippen LogP contribution in [0, 0.1) is 11.8 Å². The molecule has 0 saturated heterocycles. The number of hydrogen-bond donors (Lipinski definition) is 2. The molecule has 2 saturated carbocycles. The maximum Gasteiger partial charge on any atom is 0.228 e. The lowest BCUT2D eigenvalue weighted by atomic mass is 10.2. The van der Waals surface area contributed by atoms with Crippen LogP contribution < -0.4 is 10.6 Å². The van der Waals surface area contributed by atoms with Crippen LogP contribution in [-0.2, 0) is 0 Å². The van der Waals surface area contributed by atoms with E-state index in [0.717, 1.165) is 17.5 Å². The standard InChI is InChI=1S/C18H24N6/c1-11(13-6-7-13)20-17-22-16(15-5-3-4-10-19-15)23-18(24-17)21-12(2)14-8-9-14/h3-5,10-14H,6-9H2,1-2H3,(H2,20,21,22,23,24)/t11-,12-/m1/s1. The predicted molar refractivity (Wildman–Crippen MR) is 94.7 cm³/mol. The molecule has 4 rings (SSSR count). The summed E-state index contributed by atoms with van der Waals surface area (Å²) in [7, 11) is 0. The second kappa shape index (κ2) is 6.34. The summed E-state index contributed by atoms with van der Waals surface area (Å²) in [6, 6.07) is 6.55. The Kier molecular flexibility index (Phi) is 4.04.